The van der Waals surface area contributed by atoms with Gasteiger partial charge in [0.05, 0.1) is 19.1 Å². The van der Waals surface area contributed by atoms with Crippen molar-refractivity contribution in [1.82, 2.24) is 4.31 Å². The predicted octanol–water partition coefficient (Wildman–Crippen LogP) is 4.34. The highest BCUT2D eigenvalue weighted by molar-refractivity contribution is 7.89. The molecule has 0 N–H and O–H groups in total. The zero-order valence-corrected chi connectivity index (χ0v) is 21.0. The summed E-state index contributed by atoms with van der Waals surface area (Å²) in [4.78, 5) is 14.5. The summed E-state index contributed by atoms with van der Waals surface area (Å²) >= 11 is 1.64. The molecule has 34 heavy (non-hydrogen) atoms. The zero-order chi connectivity index (χ0) is 24.1. The Morgan fingerprint density at radius 3 is 2.47 bits per heavy atom. The summed E-state index contributed by atoms with van der Waals surface area (Å²) in [6, 6.07) is 17.5. The van der Waals surface area contributed by atoms with Crippen LogP contribution in [0, 0.1) is 5.92 Å². The minimum Gasteiger partial charge on any atom is -0.497 e. The third kappa shape index (κ3) is 5.19. The molecule has 3 aromatic rings. The molecule has 0 amide bonds. The summed E-state index contributed by atoms with van der Waals surface area (Å²) in [7, 11) is -1.09. The Kier molecular flexibility index (Phi) is 7.70. The van der Waals surface area contributed by atoms with Crippen LogP contribution < -0.4 is 4.74 Å². The van der Waals surface area contributed by atoms with E-state index in [1.165, 1.54) is 41.1 Å². The molecule has 0 unspecified atom stereocenters. The van der Waals surface area contributed by atoms with Crippen molar-refractivity contribution in [1.29, 1.82) is 0 Å². The Morgan fingerprint density at radius 2 is 1.79 bits per heavy atom. The highest BCUT2D eigenvalue weighted by Gasteiger charge is 2.42. The smallest absolute Gasteiger partial charge is 0.324 e. The fourth-order valence-electron chi connectivity index (χ4n) is 4.59. The number of aryl methyl sites for hydroxylation is 1. The molecule has 2 atom stereocenters. The monoisotopic (exact) mass is 499 g/mol. The lowest BCUT2D eigenvalue weighted by molar-refractivity contribution is -0.147. The zero-order valence-electron chi connectivity index (χ0n) is 19.3. The van der Waals surface area contributed by atoms with Crippen LogP contribution in [0.5, 0.6) is 5.75 Å². The molecule has 180 valence electrons. The molecule has 6 nitrogen and oxygen atoms in total. The van der Waals surface area contributed by atoms with Crippen LogP contribution in [0.15, 0.2) is 70.9 Å². The molecule has 4 rings (SSSR count). The summed E-state index contributed by atoms with van der Waals surface area (Å²) in [6.07, 6.45) is 2.59. The van der Waals surface area contributed by atoms with E-state index in [4.69, 9.17) is 9.47 Å². The molecule has 2 heterocycles. The second-order valence-corrected chi connectivity index (χ2v) is 11.3. The van der Waals surface area contributed by atoms with E-state index >= 15 is 0 Å². The predicted molar refractivity (Wildman–Crippen MR) is 133 cm³/mol. The Morgan fingerprint density at radius 1 is 1.06 bits per heavy atom. The van der Waals surface area contributed by atoms with E-state index in [9.17, 15) is 13.2 Å². The van der Waals surface area contributed by atoms with Crippen molar-refractivity contribution in [2.24, 2.45) is 5.92 Å². The maximum Gasteiger partial charge on any atom is 0.324 e. The van der Waals surface area contributed by atoms with Gasteiger partial charge in [-0.2, -0.15) is 4.31 Å². The summed E-state index contributed by atoms with van der Waals surface area (Å²) in [5.74, 6) is -0.178. The normalized spacial score (nSPS) is 19.0. The van der Waals surface area contributed by atoms with Gasteiger partial charge in [-0.25, -0.2) is 8.42 Å². The summed E-state index contributed by atoms with van der Waals surface area (Å²) < 4.78 is 39.4. The average Bonchev–Trinajstić information content (AvgIpc) is 3.29. The maximum absolute atomic E-state index is 13.8. The topological polar surface area (TPSA) is 72.9 Å². The number of carbonyl (C=O) groups excluding carboxylic acids is 1. The van der Waals surface area contributed by atoms with Crippen molar-refractivity contribution < 1.29 is 22.7 Å². The number of benzene rings is 2. The first-order valence-electron chi connectivity index (χ1n) is 11.3. The Hall–Kier alpha value is -2.68. The third-order valence-corrected chi connectivity index (χ3v) is 9.31. The lowest BCUT2D eigenvalue weighted by Gasteiger charge is -2.36. The fourth-order valence-corrected chi connectivity index (χ4v) is 7.14. The minimum atomic E-state index is -3.95. The minimum absolute atomic E-state index is 0.135. The van der Waals surface area contributed by atoms with E-state index in [-0.39, 0.29) is 17.4 Å². The van der Waals surface area contributed by atoms with E-state index < -0.39 is 22.0 Å². The molecule has 0 aliphatic carbocycles. The van der Waals surface area contributed by atoms with E-state index in [2.05, 4.69) is 18.2 Å². The van der Waals surface area contributed by atoms with Gasteiger partial charge in [0.2, 0.25) is 10.0 Å². The fraction of sp³-hybridized carbons (Fsp3) is 0.346. The molecule has 0 radical (unpaired) electrons. The molecule has 0 spiro atoms. The van der Waals surface area contributed by atoms with Gasteiger partial charge in [0.15, 0.2) is 0 Å². The average molecular weight is 500 g/mol. The summed E-state index contributed by atoms with van der Waals surface area (Å²) in [5, 5.41) is 2.04. The van der Waals surface area contributed by atoms with Gasteiger partial charge >= 0.3 is 5.97 Å². The van der Waals surface area contributed by atoms with Crippen LogP contribution in [0.3, 0.4) is 0 Å². The number of fused-ring (bicyclic) bond motifs is 1. The summed E-state index contributed by atoms with van der Waals surface area (Å²) in [6.45, 7) is 0.212. The van der Waals surface area contributed by atoms with Crippen molar-refractivity contribution in [3.63, 3.8) is 0 Å². The first-order valence-corrected chi connectivity index (χ1v) is 13.6. The lowest BCUT2D eigenvalue weighted by atomic mass is 9.85. The van der Waals surface area contributed by atoms with Crippen molar-refractivity contribution in [2.45, 2.75) is 36.6 Å². The highest BCUT2D eigenvalue weighted by atomic mass is 32.2. The van der Waals surface area contributed by atoms with E-state index in [1.807, 2.05) is 23.6 Å². The largest absolute Gasteiger partial charge is 0.497 e. The van der Waals surface area contributed by atoms with Gasteiger partial charge in [0.1, 0.15) is 11.8 Å². The molecule has 2 aromatic carbocycles. The third-order valence-electron chi connectivity index (χ3n) is 6.39. The molecule has 8 heteroatoms. The number of thiophene rings is 1. The van der Waals surface area contributed by atoms with Crippen molar-refractivity contribution >= 4 is 27.3 Å². The van der Waals surface area contributed by atoms with E-state index in [0.29, 0.717) is 25.0 Å². The maximum atomic E-state index is 13.8. The number of ether oxygens (including phenoxy) is 2. The van der Waals surface area contributed by atoms with Crippen LogP contribution in [0.1, 0.15) is 22.4 Å². The number of rotatable bonds is 7. The molecule has 1 aromatic heterocycles. The number of carbonyl (C=O) groups is 1. The van der Waals surface area contributed by atoms with Crippen molar-refractivity contribution in [2.75, 3.05) is 20.8 Å². The van der Waals surface area contributed by atoms with Gasteiger partial charge in [0, 0.05) is 11.4 Å². The van der Waals surface area contributed by atoms with Crippen molar-refractivity contribution in [3.8, 4) is 5.75 Å². The van der Waals surface area contributed by atoms with Gasteiger partial charge in [-0.05, 0) is 78.4 Å². The molecular weight excluding hydrogens is 470 g/mol. The van der Waals surface area contributed by atoms with Gasteiger partial charge < -0.3 is 9.47 Å². The molecule has 0 fully saturated rings. The van der Waals surface area contributed by atoms with Gasteiger partial charge in [-0.15, -0.1) is 11.3 Å². The van der Waals surface area contributed by atoms with Crippen LogP contribution in [0.2, 0.25) is 0 Å². The SMILES string of the molecule is COC(=O)[C@H]1[C@H](CCc2ccccc2)Cc2ccsc2CCN1S(=O)(=O)c1ccc(OC)cc1. The number of nitrogens with zero attached hydrogens (tertiary/aromatic N) is 1. The van der Waals surface area contributed by atoms with Crippen LogP contribution in [-0.4, -0.2) is 45.5 Å². The van der Waals surface area contributed by atoms with E-state index in [1.54, 1.807) is 23.5 Å². The second kappa shape index (κ2) is 10.7. The molecule has 1 aliphatic rings. The molecule has 1 aliphatic heterocycles. The molecule has 0 saturated carbocycles. The first-order chi connectivity index (χ1) is 16.4. The summed E-state index contributed by atoms with van der Waals surface area (Å²) in [5.41, 5.74) is 2.35. The standard InChI is InChI=1S/C26H29NO5S2/c1-31-22-10-12-23(13-11-22)34(29,30)27-16-14-24-20(15-17-33-24)18-21(25(27)26(28)32-2)9-8-19-6-4-3-5-7-19/h3-7,10-13,15,17,21,25H,8-9,14,16,18H2,1-2H3/t21-,25-/m1/s1. The van der Waals surface area contributed by atoms with E-state index in [0.717, 1.165) is 12.0 Å². The molecular formula is C26H29NO5S2. The van der Waals surface area contributed by atoms with Crippen molar-refractivity contribution in [3.05, 3.63) is 82.0 Å². The van der Waals surface area contributed by atoms with Crippen LogP contribution in [-0.2, 0) is 38.8 Å². The second-order valence-electron chi connectivity index (χ2n) is 8.37. The number of hydrogen-bond acceptors (Lipinski definition) is 6. The highest BCUT2D eigenvalue weighted by Crippen LogP contribution is 2.33. The number of hydrogen-bond donors (Lipinski definition) is 0. The van der Waals surface area contributed by atoms with Crippen LogP contribution >= 0.6 is 11.3 Å². The number of sulfonamides is 1. The Bertz CT molecular complexity index is 1210. The van der Waals surface area contributed by atoms with Gasteiger partial charge in [-0.3, -0.25) is 4.79 Å². The number of esters is 1. The molecule has 0 bridgehead atoms. The quantitative estimate of drug-likeness (QED) is 0.452. The Labute approximate surface area is 205 Å². The first kappa shape index (κ1) is 24.4. The Balaban J connectivity index is 1.74. The number of methoxy groups -OCH3 is 2. The lowest BCUT2D eigenvalue weighted by Crippen LogP contribution is -2.52. The van der Waals surface area contributed by atoms with Crippen LogP contribution in [0.25, 0.3) is 0 Å². The van der Waals surface area contributed by atoms with Gasteiger partial charge in [0.25, 0.3) is 0 Å². The van der Waals surface area contributed by atoms with Crippen LogP contribution in [0.4, 0.5) is 0 Å². The molecule has 0 saturated heterocycles. The van der Waals surface area contributed by atoms with Gasteiger partial charge in [-0.1, -0.05) is 30.3 Å².